The third-order valence-electron chi connectivity index (χ3n) is 7.60. The molecule has 2 saturated carbocycles. The van der Waals surface area contributed by atoms with E-state index in [0.717, 1.165) is 22.4 Å². The lowest BCUT2D eigenvalue weighted by atomic mass is 9.63. The van der Waals surface area contributed by atoms with Crippen molar-refractivity contribution in [2.24, 2.45) is 35.5 Å². The fraction of sp³-hybridized carbons (Fsp3) is 0.500. The lowest BCUT2D eigenvalue weighted by Crippen LogP contribution is -2.45. The van der Waals surface area contributed by atoms with E-state index < -0.39 is 18.6 Å². The first-order chi connectivity index (χ1) is 14.3. The number of aryl methyl sites for hydroxylation is 2. The molecule has 0 unspecified atom stereocenters. The number of ether oxygens (including phenoxy) is 1. The van der Waals surface area contributed by atoms with E-state index >= 15 is 0 Å². The number of carbonyl (C=O) groups excluding carboxylic acids is 4. The molecular weight excluding hydrogens is 382 g/mol. The summed E-state index contributed by atoms with van der Waals surface area (Å²) in [4.78, 5) is 52.2. The molecule has 1 aliphatic heterocycles. The number of benzene rings is 1. The molecule has 1 aromatic carbocycles. The Morgan fingerprint density at radius 1 is 1.03 bits per heavy atom. The van der Waals surface area contributed by atoms with Crippen LogP contribution in [0.4, 0.5) is 0 Å². The molecule has 0 spiro atoms. The van der Waals surface area contributed by atoms with Crippen LogP contribution in [-0.4, -0.2) is 41.1 Å². The summed E-state index contributed by atoms with van der Waals surface area (Å²) in [6, 6.07) is 4.29. The van der Waals surface area contributed by atoms with Crippen molar-refractivity contribution < 1.29 is 23.9 Å². The van der Waals surface area contributed by atoms with Gasteiger partial charge < -0.3 is 4.74 Å². The van der Waals surface area contributed by atoms with Crippen LogP contribution < -0.4 is 0 Å². The highest BCUT2D eigenvalue weighted by Crippen LogP contribution is 2.65. The molecule has 0 aromatic heterocycles. The fourth-order valence-electron chi connectivity index (χ4n) is 5.72. The highest BCUT2D eigenvalue weighted by atomic mass is 16.5. The van der Waals surface area contributed by atoms with Crippen molar-refractivity contribution in [1.82, 2.24) is 4.90 Å². The minimum absolute atomic E-state index is 0.112. The Morgan fingerprint density at radius 2 is 1.63 bits per heavy atom. The van der Waals surface area contributed by atoms with Crippen LogP contribution in [0.5, 0.6) is 0 Å². The predicted octanol–water partition coefficient (Wildman–Crippen LogP) is 2.47. The number of hydrogen-bond acceptors (Lipinski definition) is 5. The number of esters is 1. The SMILES string of the molecule is Cc1ccc(C(=O)COC(=O)[C@@H](C)N2C(=O)[C@@H]3[C@@H]4C=C[C@H]([C@H]5C[C@H]45)[C@@H]3C2=O)cc1C. The van der Waals surface area contributed by atoms with Crippen molar-refractivity contribution in [3.8, 4) is 0 Å². The number of carbonyl (C=O) groups is 4. The fourth-order valence-corrected chi connectivity index (χ4v) is 5.72. The van der Waals surface area contributed by atoms with E-state index in [9.17, 15) is 19.2 Å². The molecule has 6 nitrogen and oxygen atoms in total. The zero-order chi connectivity index (χ0) is 21.3. The van der Waals surface area contributed by atoms with Crippen LogP contribution in [0.1, 0.15) is 34.8 Å². The quantitative estimate of drug-likeness (QED) is 0.324. The van der Waals surface area contributed by atoms with Crippen LogP contribution in [0.15, 0.2) is 30.4 Å². The molecule has 2 amide bonds. The van der Waals surface area contributed by atoms with Gasteiger partial charge in [-0.15, -0.1) is 0 Å². The van der Waals surface area contributed by atoms with Crippen LogP contribution >= 0.6 is 0 Å². The number of ketones is 1. The van der Waals surface area contributed by atoms with Crippen LogP contribution in [0.2, 0.25) is 0 Å². The van der Waals surface area contributed by atoms with Crippen molar-refractivity contribution in [3.63, 3.8) is 0 Å². The zero-order valence-electron chi connectivity index (χ0n) is 17.3. The number of rotatable bonds is 5. The van der Waals surface area contributed by atoms with E-state index in [1.807, 2.05) is 19.9 Å². The van der Waals surface area contributed by atoms with Gasteiger partial charge in [0.25, 0.3) is 0 Å². The van der Waals surface area contributed by atoms with E-state index in [1.54, 1.807) is 12.1 Å². The van der Waals surface area contributed by atoms with Crippen LogP contribution in [0, 0.1) is 49.4 Å². The van der Waals surface area contributed by atoms with E-state index in [-0.39, 0.29) is 41.3 Å². The normalized spacial score (nSPS) is 33.9. The standard InChI is InChI=1S/C24H25NO5/c1-11-4-5-14(8-12(11)2)19(26)10-30-24(29)13(3)25-22(27)20-15-6-7-16(18-9-17(15)18)21(20)23(25)28/h4-8,13,15-18,20-21H,9-10H2,1-3H3/t13-,15-,16-,17-,18-,20-,21+/m1/s1. The van der Waals surface area contributed by atoms with Gasteiger partial charge >= 0.3 is 5.97 Å². The smallest absolute Gasteiger partial charge is 0.329 e. The molecule has 6 heteroatoms. The lowest BCUT2D eigenvalue weighted by Gasteiger charge is -2.37. The Bertz CT molecular complexity index is 975. The van der Waals surface area contributed by atoms with E-state index in [1.165, 1.54) is 6.92 Å². The summed E-state index contributed by atoms with van der Waals surface area (Å²) in [6.07, 6.45) is 5.29. The topological polar surface area (TPSA) is 80.8 Å². The second-order valence-electron chi connectivity index (χ2n) is 9.21. The first-order valence-corrected chi connectivity index (χ1v) is 10.6. The molecule has 1 heterocycles. The Morgan fingerprint density at radius 3 is 2.20 bits per heavy atom. The first kappa shape index (κ1) is 19.2. The Kier molecular flexibility index (Phi) is 4.24. The second-order valence-corrected chi connectivity index (χ2v) is 9.21. The Hall–Kier alpha value is -2.76. The summed E-state index contributed by atoms with van der Waals surface area (Å²) in [6.45, 7) is 4.96. The number of imide groups is 1. The highest BCUT2D eigenvalue weighted by Gasteiger charge is 2.67. The van der Waals surface area contributed by atoms with Gasteiger partial charge in [0.15, 0.2) is 12.4 Å². The number of Topliss-reactive ketones (excluding diaryl/α,β-unsaturated/α-hetero) is 1. The molecule has 2 bridgehead atoms. The molecule has 1 aromatic rings. The molecule has 7 atom stereocenters. The molecule has 30 heavy (non-hydrogen) atoms. The predicted molar refractivity (Wildman–Crippen MR) is 107 cm³/mol. The molecular formula is C24H25NO5. The van der Waals surface area contributed by atoms with Crippen molar-refractivity contribution in [3.05, 3.63) is 47.0 Å². The average molecular weight is 407 g/mol. The molecule has 6 rings (SSSR count). The summed E-state index contributed by atoms with van der Waals surface area (Å²) >= 11 is 0. The average Bonchev–Trinajstić information content (AvgIpc) is 3.51. The highest BCUT2D eigenvalue weighted by molar-refractivity contribution is 6.09. The van der Waals surface area contributed by atoms with Gasteiger partial charge in [0.2, 0.25) is 11.8 Å². The van der Waals surface area contributed by atoms with Gasteiger partial charge in [-0.3, -0.25) is 19.3 Å². The van der Waals surface area contributed by atoms with Crippen molar-refractivity contribution in [1.29, 1.82) is 0 Å². The summed E-state index contributed by atoms with van der Waals surface area (Å²) < 4.78 is 5.20. The number of likely N-dealkylation sites (tertiary alicyclic amines) is 1. The van der Waals surface area contributed by atoms with Gasteiger partial charge in [-0.25, -0.2) is 4.79 Å². The van der Waals surface area contributed by atoms with Crippen molar-refractivity contribution >= 4 is 23.6 Å². The third-order valence-corrected chi connectivity index (χ3v) is 7.60. The number of amides is 2. The van der Waals surface area contributed by atoms with Gasteiger partial charge in [-0.2, -0.15) is 0 Å². The molecule has 0 N–H and O–H groups in total. The van der Waals surface area contributed by atoms with E-state index in [0.29, 0.717) is 17.4 Å². The van der Waals surface area contributed by atoms with Gasteiger partial charge in [0.05, 0.1) is 11.8 Å². The molecule has 0 radical (unpaired) electrons. The monoisotopic (exact) mass is 407 g/mol. The minimum Gasteiger partial charge on any atom is -0.456 e. The first-order valence-electron chi connectivity index (χ1n) is 10.6. The second kappa shape index (κ2) is 6.62. The molecule has 1 saturated heterocycles. The molecule has 156 valence electrons. The molecule has 4 aliphatic carbocycles. The van der Waals surface area contributed by atoms with Crippen LogP contribution in [-0.2, 0) is 19.1 Å². The van der Waals surface area contributed by atoms with E-state index in [4.69, 9.17) is 4.74 Å². The van der Waals surface area contributed by atoms with Gasteiger partial charge in [0.1, 0.15) is 6.04 Å². The van der Waals surface area contributed by atoms with Gasteiger partial charge in [-0.1, -0.05) is 24.3 Å². The van der Waals surface area contributed by atoms with Crippen LogP contribution in [0.3, 0.4) is 0 Å². The van der Waals surface area contributed by atoms with Crippen LogP contribution in [0.25, 0.3) is 0 Å². The third kappa shape index (κ3) is 2.69. The maximum Gasteiger partial charge on any atom is 0.329 e. The van der Waals surface area contributed by atoms with Crippen molar-refractivity contribution in [2.45, 2.75) is 33.2 Å². The zero-order valence-corrected chi connectivity index (χ0v) is 17.3. The maximum atomic E-state index is 13.1. The molecule has 5 aliphatic rings. The van der Waals surface area contributed by atoms with Gasteiger partial charge in [-0.05, 0) is 68.1 Å². The Labute approximate surface area is 175 Å². The Balaban J connectivity index is 1.26. The summed E-state index contributed by atoms with van der Waals surface area (Å²) in [5.74, 6) is -1.01. The number of hydrogen-bond donors (Lipinski definition) is 0. The summed E-state index contributed by atoms with van der Waals surface area (Å²) in [5.41, 5.74) is 2.53. The summed E-state index contributed by atoms with van der Waals surface area (Å²) in [7, 11) is 0. The van der Waals surface area contributed by atoms with Crippen molar-refractivity contribution in [2.75, 3.05) is 6.61 Å². The van der Waals surface area contributed by atoms with Gasteiger partial charge in [0, 0.05) is 5.56 Å². The summed E-state index contributed by atoms with van der Waals surface area (Å²) in [5, 5.41) is 0. The number of allylic oxidation sites excluding steroid dienone is 2. The molecule has 3 fully saturated rings. The lowest BCUT2D eigenvalue weighted by molar-refractivity contribution is -0.157. The maximum absolute atomic E-state index is 13.1. The minimum atomic E-state index is -1.03. The number of nitrogens with zero attached hydrogens (tertiary/aromatic N) is 1. The van der Waals surface area contributed by atoms with E-state index in [2.05, 4.69) is 12.2 Å². The largest absolute Gasteiger partial charge is 0.456 e.